The van der Waals surface area contributed by atoms with Gasteiger partial charge in [-0.1, -0.05) is 19.9 Å². The lowest BCUT2D eigenvalue weighted by atomic mass is 9.84. The molecule has 7 nitrogen and oxygen atoms in total. The van der Waals surface area contributed by atoms with E-state index >= 15 is 0 Å². The van der Waals surface area contributed by atoms with Crippen molar-refractivity contribution in [1.82, 2.24) is 20.0 Å². The molecule has 1 saturated heterocycles. The molecule has 3 rings (SSSR count). The standard InChI is InChI=1S/C22H33N5O2.HI/c1-22(2,18-7-8-19(28-5)20(11-18)29-6)15-24-21(23-3)27-10-9-16(14-27)17-12-25-26(4)13-17;/h7-8,11-13,16H,9-10,14-15H2,1-6H3,(H,23,24);1H. The minimum absolute atomic E-state index is 0. The fourth-order valence-corrected chi connectivity index (χ4v) is 3.87. The summed E-state index contributed by atoms with van der Waals surface area (Å²) in [6.07, 6.45) is 5.21. The second-order valence-electron chi connectivity index (χ2n) is 8.23. The van der Waals surface area contributed by atoms with Gasteiger partial charge in [0, 0.05) is 51.3 Å². The predicted molar refractivity (Wildman–Crippen MR) is 131 cm³/mol. The second-order valence-corrected chi connectivity index (χ2v) is 8.23. The van der Waals surface area contributed by atoms with Crippen molar-refractivity contribution in [3.63, 3.8) is 0 Å². The predicted octanol–water partition coefficient (Wildman–Crippen LogP) is 3.40. The first-order chi connectivity index (χ1) is 13.9. The molecule has 2 heterocycles. The van der Waals surface area contributed by atoms with Crippen LogP contribution in [-0.4, -0.2) is 61.5 Å². The van der Waals surface area contributed by atoms with E-state index in [9.17, 15) is 0 Å². The number of hydrogen-bond donors (Lipinski definition) is 1. The summed E-state index contributed by atoms with van der Waals surface area (Å²) >= 11 is 0. The van der Waals surface area contributed by atoms with Crippen molar-refractivity contribution in [3.05, 3.63) is 41.7 Å². The summed E-state index contributed by atoms with van der Waals surface area (Å²) in [6, 6.07) is 6.11. The Bertz CT molecular complexity index is 865. The molecule has 166 valence electrons. The van der Waals surface area contributed by atoms with E-state index in [2.05, 4.69) is 52.5 Å². The van der Waals surface area contributed by atoms with Gasteiger partial charge in [-0.15, -0.1) is 24.0 Å². The topological polar surface area (TPSA) is 63.9 Å². The highest BCUT2D eigenvalue weighted by molar-refractivity contribution is 14.0. The molecule has 30 heavy (non-hydrogen) atoms. The minimum Gasteiger partial charge on any atom is -0.493 e. The van der Waals surface area contributed by atoms with E-state index in [4.69, 9.17) is 9.47 Å². The highest BCUT2D eigenvalue weighted by atomic mass is 127. The maximum atomic E-state index is 5.47. The van der Waals surface area contributed by atoms with E-state index in [1.165, 1.54) is 11.1 Å². The molecular formula is C22H34IN5O2. The number of halogens is 1. The van der Waals surface area contributed by atoms with Gasteiger partial charge in [0.15, 0.2) is 17.5 Å². The molecule has 1 N–H and O–H groups in total. The van der Waals surface area contributed by atoms with E-state index in [1.807, 2.05) is 31.0 Å². The molecule has 1 unspecified atom stereocenters. The zero-order chi connectivity index (χ0) is 21.0. The van der Waals surface area contributed by atoms with Crippen LogP contribution in [-0.2, 0) is 12.5 Å². The van der Waals surface area contributed by atoms with Crippen molar-refractivity contribution >= 4 is 29.9 Å². The fourth-order valence-electron chi connectivity index (χ4n) is 3.87. The monoisotopic (exact) mass is 527 g/mol. The van der Waals surface area contributed by atoms with Crippen LogP contribution in [0.15, 0.2) is 35.6 Å². The maximum Gasteiger partial charge on any atom is 0.193 e. The van der Waals surface area contributed by atoms with Crippen molar-refractivity contribution in [2.75, 3.05) is 40.9 Å². The SMILES string of the molecule is CN=C(NCC(C)(C)c1ccc(OC)c(OC)c1)N1CCC(c2cnn(C)c2)C1.I. The number of aromatic nitrogens is 2. The summed E-state index contributed by atoms with van der Waals surface area (Å²) in [5.41, 5.74) is 2.39. The number of rotatable bonds is 6. The normalized spacial score (nSPS) is 16.9. The van der Waals surface area contributed by atoms with Crippen LogP contribution >= 0.6 is 24.0 Å². The Hall–Kier alpha value is -1.97. The molecule has 1 fully saturated rings. The van der Waals surface area contributed by atoms with E-state index in [1.54, 1.807) is 14.2 Å². The van der Waals surface area contributed by atoms with Gasteiger partial charge < -0.3 is 19.7 Å². The lowest BCUT2D eigenvalue weighted by Gasteiger charge is -2.29. The van der Waals surface area contributed by atoms with Gasteiger partial charge in [-0.3, -0.25) is 9.67 Å². The number of aryl methyl sites for hydroxylation is 1. The molecule has 1 aliphatic heterocycles. The number of nitrogens with one attached hydrogen (secondary N) is 1. The molecule has 1 aromatic heterocycles. The molecule has 1 atom stereocenters. The number of nitrogens with zero attached hydrogens (tertiary/aromatic N) is 4. The van der Waals surface area contributed by atoms with Crippen LogP contribution in [0.5, 0.6) is 11.5 Å². The average Bonchev–Trinajstić information content (AvgIpc) is 3.37. The quantitative estimate of drug-likeness (QED) is 0.355. The Balaban J connectivity index is 0.00000320. The maximum absolute atomic E-state index is 5.47. The number of guanidine groups is 1. The largest absolute Gasteiger partial charge is 0.493 e. The number of ether oxygens (including phenoxy) is 2. The number of aliphatic imine (C=N–C) groups is 1. The third-order valence-electron chi connectivity index (χ3n) is 5.75. The van der Waals surface area contributed by atoms with Crippen molar-refractivity contribution in [1.29, 1.82) is 0 Å². The van der Waals surface area contributed by atoms with E-state index in [0.717, 1.165) is 43.5 Å². The summed E-state index contributed by atoms with van der Waals surface area (Å²) in [6.45, 7) is 7.16. The fraction of sp³-hybridized carbons (Fsp3) is 0.545. The van der Waals surface area contributed by atoms with Crippen molar-refractivity contribution < 1.29 is 9.47 Å². The van der Waals surface area contributed by atoms with Gasteiger partial charge in [-0.25, -0.2) is 0 Å². The summed E-state index contributed by atoms with van der Waals surface area (Å²) < 4.78 is 12.7. The lowest BCUT2D eigenvalue weighted by molar-refractivity contribution is 0.353. The first kappa shape index (κ1) is 24.3. The zero-order valence-corrected chi connectivity index (χ0v) is 21.1. The average molecular weight is 527 g/mol. The Morgan fingerprint density at radius 2 is 2.00 bits per heavy atom. The molecule has 1 aromatic carbocycles. The van der Waals surface area contributed by atoms with Crippen LogP contribution in [0.2, 0.25) is 0 Å². The van der Waals surface area contributed by atoms with E-state index in [-0.39, 0.29) is 29.4 Å². The Morgan fingerprint density at radius 3 is 2.60 bits per heavy atom. The first-order valence-corrected chi connectivity index (χ1v) is 10.0. The van der Waals surface area contributed by atoms with E-state index in [0.29, 0.717) is 5.92 Å². The molecule has 0 amide bonds. The Labute approximate surface area is 196 Å². The Kier molecular flexibility index (Phi) is 8.40. The van der Waals surface area contributed by atoms with Gasteiger partial charge in [0.2, 0.25) is 0 Å². The molecule has 0 spiro atoms. The van der Waals surface area contributed by atoms with Gasteiger partial charge in [-0.2, -0.15) is 5.10 Å². The van der Waals surface area contributed by atoms with Crippen molar-refractivity contribution in [2.45, 2.75) is 31.6 Å². The summed E-state index contributed by atoms with van der Waals surface area (Å²) in [7, 11) is 7.14. The number of likely N-dealkylation sites (tertiary alicyclic amines) is 1. The zero-order valence-electron chi connectivity index (χ0n) is 18.8. The third-order valence-corrected chi connectivity index (χ3v) is 5.75. The molecule has 0 bridgehead atoms. The summed E-state index contributed by atoms with van der Waals surface area (Å²) in [5.74, 6) is 2.95. The molecule has 8 heteroatoms. The van der Waals surface area contributed by atoms with Crippen LogP contribution in [0, 0.1) is 0 Å². The van der Waals surface area contributed by atoms with Gasteiger partial charge in [0.05, 0.1) is 20.4 Å². The molecular weight excluding hydrogens is 493 g/mol. The van der Waals surface area contributed by atoms with Gasteiger partial charge >= 0.3 is 0 Å². The Morgan fingerprint density at radius 1 is 1.27 bits per heavy atom. The van der Waals surface area contributed by atoms with E-state index < -0.39 is 0 Å². The molecule has 0 aliphatic carbocycles. The van der Waals surface area contributed by atoms with Gasteiger partial charge in [-0.05, 0) is 29.7 Å². The lowest BCUT2D eigenvalue weighted by Crippen LogP contribution is -2.45. The van der Waals surface area contributed by atoms with Crippen LogP contribution in [0.25, 0.3) is 0 Å². The summed E-state index contributed by atoms with van der Waals surface area (Å²) in [5, 5.41) is 7.89. The smallest absolute Gasteiger partial charge is 0.193 e. The van der Waals surface area contributed by atoms with Crippen LogP contribution in [0.4, 0.5) is 0 Å². The van der Waals surface area contributed by atoms with Gasteiger partial charge in [0.25, 0.3) is 0 Å². The second kappa shape index (κ2) is 10.4. The summed E-state index contributed by atoms with van der Waals surface area (Å²) in [4.78, 5) is 6.86. The minimum atomic E-state index is -0.0992. The van der Waals surface area contributed by atoms with Crippen molar-refractivity contribution in [3.8, 4) is 11.5 Å². The van der Waals surface area contributed by atoms with Crippen LogP contribution in [0.3, 0.4) is 0 Å². The number of hydrogen-bond acceptors (Lipinski definition) is 4. The third kappa shape index (κ3) is 5.39. The first-order valence-electron chi connectivity index (χ1n) is 10.0. The van der Waals surface area contributed by atoms with Crippen LogP contribution < -0.4 is 14.8 Å². The number of benzene rings is 1. The highest BCUT2D eigenvalue weighted by Gasteiger charge is 2.28. The van der Waals surface area contributed by atoms with Crippen LogP contribution in [0.1, 0.15) is 37.3 Å². The molecule has 0 saturated carbocycles. The highest BCUT2D eigenvalue weighted by Crippen LogP contribution is 2.33. The van der Waals surface area contributed by atoms with Gasteiger partial charge in [0.1, 0.15) is 0 Å². The molecule has 2 aromatic rings. The number of methoxy groups -OCH3 is 2. The van der Waals surface area contributed by atoms with Crippen molar-refractivity contribution in [2.24, 2.45) is 12.0 Å². The molecule has 0 radical (unpaired) electrons. The molecule has 1 aliphatic rings.